The maximum absolute atomic E-state index is 9.64. The van der Waals surface area contributed by atoms with E-state index in [1.54, 1.807) is 6.07 Å². The number of hydrogen-bond acceptors (Lipinski definition) is 3. The maximum Gasteiger partial charge on any atom is 0.172 e. The van der Waals surface area contributed by atoms with Gasteiger partial charge in [0.1, 0.15) is 0 Å². The Labute approximate surface area is 97.0 Å². The molecule has 0 atom stereocenters. The van der Waals surface area contributed by atoms with Crippen LogP contribution < -0.4 is 5.73 Å². The molecule has 4 N–H and O–H groups in total. The summed E-state index contributed by atoms with van der Waals surface area (Å²) in [6.45, 7) is 1.90. The molecule has 1 aliphatic rings. The molecule has 0 heterocycles. The fourth-order valence-corrected chi connectivity index (χ4v) is 3.08. The highest BCUT2D eigenvalue weighted by molar-refractivity contribution is 9.10. The quantitative estimate of drug-likeness (QED) is 0.688. The van der Waals surface area contributed by atoms with E-state index in [1.165, 1.54) is 0 Å². The summed E-state index contributed by atoms with van der Waals surface area (Å²) in [6.07, 6.45) is 2.97. The molecule has 0 amide bonds. The molecule has 0 aromatic heterocycles. The number of aromatic hydroxyl groups is 2. The Hall–Kier alpha value is -0.740. The van der Waals surface area contributed by atoms with Gasteiger partial charge >= 0.3 is 0 Å². The van der Waals surface area contributed by atoms with Crippen molar-refractivity contribution in [2.75, 3.05) is 0 Å². The first-order valence-corrected chi connectivity index (χ1v) is 5.75. The summed E-state index contributed by atoms with van der Waals surface area (Å²) >= 11 is 3.30. The van der Waals surface area contributed by atoms with E-state index >= 15 is 0 Å². The van der Waals surface area contributed by atoms with E-state index in [0.29, 0.717) is 4.47 Å². The van der Waals surface area contributed by atoms with E-state index in [0.717, 1.165) is 30.4 Å². The van der Waals surface area contributed by atoms with Crippen LogP contribution >= 0.6 is 15.9 Å². The number of nitrogens with two attached hydrogens (primary N) is 1. The van der Waals surface area contributed by atoms with Crippen molar-refractivity contribution in [2.24, 2.45) is 5.73 Å². The summed E-state index contributed by atoms with van der Waals surface area (Å²) in [7, 11) is 0. The fraction of sp³-hybridized carbons (Fsp3) is 0.455. The van der Waals surface area contributed by atoms with Gasteiger partial charge in [-0.3, -0.25) is 0 Å². The van der Waals surface area contributed by atoms with Crippen molar-refractivity contribution >= 4 is 15.9 Å². The van der Waals surface area contributed by atoms with Gasteiger partial charge in [0.25, 0.3) is 0 Å². The highest BCUT2D eigenvalue weighted by atomic mass is 79.9. The second-order valence-electron chi connectivity index (χ2n) is 4.26. The highest BCUT2D eigenvalue weighted by Gasteiger charge is 2.38. The van der Waals surface area contributed by atoms with Crippen LogP contribution in [0.3, 0.4) is 0 Å². The first-order chi connectivity index (χ1) is 6.96. The van der Waals surface area contributed by atoms with Crippen LogP contribution in [0.15, 0.2) is 10.5 Å². The molecule has 2 rings (SSSR count). The van der Waals surface area contributed by atoms with Gasteiger partial charge in [-0.05, 0) is 59.3 Å². The minimum absolute atomic E-state index is 0.106. The molecule has 4 heteroatoms. The van der Waals surface area contributed by atoms with Gasteiger partial charge in [-0.15, -0.1) is 0 Å². The zero-order valence-corrected chi connectivity index (χ0v) is 10.1. The maximum atomic E-state index is 9.64. The lowest BCUT2D eigenvalue weighted by Gasteiger charge is -2.40. The number of halogens is 1. The second-order valence-corrected chi connectivity index (χ2v) is 5.05. The molecule has 1 aromatic rings. The van der Waals surface area contributed by atoms with E-state index in [2.05, 4.69) is 15.9 Å². The van der Waals surface area contributed by atoms with E-state index < -0.39 is 0 Å². The van der Waals surface area contributed by atoms with Crippen molar-refractivity contribution in [3.05, 3.63) is 21.7 Å². The van der Waals surface area contributed by atoms with Gasteiger partial charge < -0.3 is 15.9 Å². The van der Waals surface area contributed by atoms with E-state index in [9.17, 15) is 10.2 Å². The number of rotatable bonds is 1. The minimum atomic E-state index is -0.339. The van der Waals surface area contributed by atoms with Gasteiger partial charge in [-0.2, -0.15) is 0 Å². The molecule has 1 aliphatic carbocycles. The van der Waals surface area contributed by atoms with Gasteiger partial charge in [0, 0.05) is 5.54 Å². The number of phenols is 2. The van der Waals surface area contributed by atoms with Crippen LogP contribution in [-0.4, -0.2) is 10.2 Å². The Morgan fingerprint density at radius 1 is 1.40 bits per heavy atom. The van der Waals surface area contributed by atoms with Crippen LogP contribution in [0.5, 0.6) is 11.5 Å². The second kappa shape index (κ2) is 3.39. The standard InChI is InChI=1S/C11H14BrNO2/c1-6-5-7(14)10(15)9(12)8(6)11(13)3-2-4-11/h5,14-15H,2-4,13H2,1H3. The van der Waals surface area contributed by atoms with Crippen LogP contribution in [0.1, 0.15) is 30.4 Å². The van der Waals surface area contributed by atoms with Crippen molar-refractivity contribution < 1.29 is 10.2 Å². The van der Waals surface area contributed by atoms with E-state index in [-0.39, 0.29) is 17.0 Å². The van der Waals surface area contributed by atoms with Crippen molar-refractivity contribution in [2.45, 2.75) is 31.7 Å². The first-order valence-electron chi connectivity index (χ1n) is 4.96. The van der Waals surface area contributed by atoms with Gasteiger partial charge in [0.05, 0.1) is 4.47 Å². The molecule has 82 valence electrons. The molecule has 0 bridgehead atoms. The monoisotopic (exact) mass is 271 g/mol. The third kappa shape index (κ3) is 1.52. The van der Waals surface area contributed by atoms with E-state index in [1.807, 2.05) is 6.92 Å². The Bertz CT molecular complexity index is 414. The molecule has 0 aliphatic heterocycles. The molecule has 1 fully saturated rings. The zero-order valence-electron chi connectivity index (χ0n) is 8.55. The number of benzene rings is 1. The lowest BCUT2D eigenvalue weighted by atomic mass is 9.71. The van der Waals surface area contributed by atoms with Gasteiger partial charge in [-0.25, -0.2) is 0 Å². The zero-order chi connectivity index (χ0) is 11.2. The molecule has 0 radical (unpaired) electrons. The summed E-state index contributed by atoms with van der Waals surface area (Å²) in [5.74, 6) is -0.224. The molecule has 3 nitrogen and oxygen atoms in total. The van der Waals surface area contributed by atoms with Crippen LogP contribution in [0, 0.1) is 6.92 Å². The highest BCUT2D eigenvalue weighted by Crippen LogP contribution is 2.48. The number of phenolic OH excluding ortho intramolecular Hbond substituents is 2. The summed E-state index contributed by atoms with van der Waals surface area (Å²) in [5.41, 5.74) is 7.72. The van der Waals surface area contributed by atoms with E-state index in [4.69, 9.17) is 5.73 Å². The van der Waals surface area contributed by atoms with Crippen molar-refractivity contribution in [1.82, 2.24) is 0 Å². The van der Waals surface area contributed by atoms with Crippen LogP contribution in [0.25, 0.3) is 0 Å². The predicted octanol–water partition coefficient (Wildman–Crippen LogP) is 2.51. The fourth-order valence-electron chi connectivity index (χ4n) is 2.17. The average molecular weight is 272 g/mol. The van der Waals surface area contributed by atoms with Crippen LogP contribution in [-0.2, 0) is 5.54 Å². The Morgan fingerprint density at radius 3 is 2.47 bits per heavy atom. The van der Waals surface area contributed by atoms with Crippen LogP contribution in [0.4, 0.5) is 0 Å². The third-order valence-electron chi connectivity index (χ3n) is 3.16. The molecule has 0 saturated heterocycles. The van der Waals surface area contributed by atoms with Gasteiger partial charge in [0.15, 0.2) is 11.5 Å². The number of hydrogen-bond donors (Lipinski definition) is 3. The lowest BCUT2D eigenvalue weighted by molar-refractivity contribution is 0.249. The summed E-state index contributed by atoms with van der Waals surface area (Å²) < 4.78 is 0.530. The SMILES string of the molecule is Cc1cc(O)c(O)c(Br)c1C1(N)CCC1. The van der Waals surface area contributed by atoms with Gasteiger partial charge in [0.2, 0.25) is 0 Å². The first kappa shape index (κ1) is 10.8. The summed E-state index contributed by atoms with van der Waals surface area (Å²) in [4.78, 5) is 0. The molecule has 0 unspecified atom stereocenters. The largest absolute Gasteiger partial charge is 0.504 e. The van der Waals surface area contributed by atoms with Crippen molar-refractivity contribution in [3.63, 3.8) is 0 Å². The molecular weight excluding hydrogens is 258 g/mol. The molecule has 0 spiro atoms. The van der Waals surface area contributed by atoms with Crippen molar-refractivity contribution in [1.29, 1.82) is 0 Å². The Balaban J connectivity index is 2.61. The van der Waals surface area contributed by atoms with Crippen molar-refractivity contribution in [3.8, 4) is 11.5 Å². The van der Waals surface area contributed by atoms with Gasteiger partial charge in [-0.1, -0.05) is 0 Å². The third-order valence-corrected chi connectivity index (χ3v) is 3.93. The smallest absolute Gasteiger partial charge is 0.172 e. The summed E-state index contributed by atoms with van der Waals surface area (Å²) in [5, 5.41) is 19.1. The van der Waals surface area contributed by atoms with Crippen LogP contribution in [0.2, 0.25) is 0 Å². The summed E-state index contributed by atoms with van der Waals surface area (Å²) in [6, 6.07) is 1.56. The molecule has 1 aromatic carbocycles. The topological polar surface area (TPSA) is 66.5 Å². The Morgan fingerprint density at radius 2 is 2.00 bits per heavy atom. The number of aryl methyl sites for hydroxylation is 1. The minimum Gasteiger partial charge on any atom is -0.504 e. The molecular formula is C11H14BrNO2. The lowest BCUT2D eigenvalue weighted by Crippen LogP contribution is -2.44. The molecule has 1 saturated carbocycles. The average Bonchev–Trinajstić information content (AvgIpc) is 2.11. The normalized spacial score (nSPS) is 18.6. The molecule has 15 heavy (non-hydrogen) atoms. The predicted molar refractivity (Wildman–Crippen MR) is 61.9 cm³/mol. The Kier molecular flexibility index (Phi) is 2.43.